The number of nitrogens with one attached hydrogen (secondary N) is 1. The maximum absolute atomic E-state index is 5.79. The van der Waals surface area contributed by atoms with Crippen molar-refractivity contribution in [1.82, 2.24) is 10.5 Å². The van der Waals surface area contributed by atoms with Crippen molar-refractivity contribution in [2.24, 2.45) is 0 Å². The molecule has 2 heterocycles. The summed E-state index contributed by atoms with van der Waals surface area (Å²) in [6, 6.07) is 10.8. The lowest BCUT2D eigenvalue weighted by atomic mass is 10.1. The fraction of sp³-hybridized carbons (Fsp3) is 0.526. The van der Waals surface area contributed by atoms with Gasteiger partial charge in [-0.15, -0.1) is 0 Å². The molecule has 124 valence electrons. The predicted molar refractivity (Wildman–Crippen MR) is 94.6 cm³/mol. The van der Waals surface area contributed by atoms with Crippen LogP contribution in [0, 0.1) is 0 Å². The first-order valence-electron chi connectivity index (χ1n) is 8.82. The molecule has 1 fully saturated rings. The highest BCUT2D eigenvalue weighted by Crippen LogP contribution is 2.32. The van der Waals surface area contributed by atoms with E-state index in [1.54, 1.807) is 0 Å². The Kier molecular flexibility index (Phi) is 5.34. The molecular formula is C19H27N3O. The molecule has 1 aliphatic rings. The van der Waals surface area contributed by atoms with E-state index < -0.39 is 0 Å². The molecule has 1 aromatic carbocycles. The van der Waals surface area contributed by atoms with Crippen molar-refractivity contribution in [3.8, 4) is 11.3 Å². The number of hydrogen-bond donors (Lipinski definition) is 1. The second-order valence-corrected chi connectivity index (χ2v) is 6.42. The molecule has 1 N–H and O–H groups in total. The minimum absolute atomic E-state index is 0.489. The lowest BCUT2D eigenvalue weighted by Gasteiger charge is -2.26. The topological polar surface area (TPSA) is 41.3 Å². The molecular weight excluding hydrogens is 286 g/mol. The van der Waals surface area contributed by atoms with E-state index in [0.717, 1.165) is 43.2 Å². The predicted octanol–water partition coefficient (Wildman–Crippen LogP) is 4.22. The van der Waals surface area contributed by atoms with Crippen LogP contribution in [0.2, 0.25) is 0 Å². The van der Waals surface area contributed by atoms with Gasteiger partial charge in [0, 0.05) is 31.2 Å². The maximum atomic E-state index is 5.79. The minimum atomic E-state index is 0.489. The van der Waals surface area contributed by atoms with Crippen molar-refractivity contribution in [2.75, 3.05) is 18.0 Å². The lowest BCUT2D eigenvalue weighted by Crippen LogP contribution is -2.31. The van der Waals surface area contributed by atoms with Crippen LogP contribution in [0.3, 0.4) is 0 Å². The van der Waals surface area contributed by atoms with Gasteiger partial charge in [0.15, 0.2) is 0 Å². The van der Waals surface area contributed by atoms with E-state index >= 15 is 0 Å². The highest BCUT2D eigenvalue weighted by Gasteiger charge is 2.23. The van der Waals surface area contributed by atoms with E-state index in [0.29, 0.717) is 6.04 Å². The quantitative estimate of drug-likeness (QED) is 0.867. The Morgan fingerprint density at radius 1 is 1.17 bits per heavy atom. The number of aromatic nitrogens is 1. The van der Waals surface area contributed by atoms with Gasteiger partial charge in [-0.05, 0) is 32.6 Å². The van der Waals surface area contributed by atoms with E-state index in [2.05, 4.69) is 53.5 Å². The molecule has 0 amide bonds. The van der Waals surface area contributed by atoms with Gasteiger partial charge in [0.25, 0.3) is 0 Å². The van der Waals surface area contributed by atoms with E-state index in [-0.39, 0.29) is 0 Å². The Balaban J connectivity index is 1.90. The Labute approximate surface area is 138 Å². The molecule has 1 atom stereocenters. The Hall–Kier alpha value is -1.81. The summed E-state index contributed by atoms with van der Waals surface area (Å²) >= 11 is 0. The van der Waals surface area contributed by atoms with Crippen LogP contribution in [0.15, 0.2) is 34.9 Å². The molecule has 23 heavy (non-hydrogen) atoms. The molecule has 0 aliphatic carbocycles. The van der Waals surface area contributed by atoms with Crippen molar-refractivity contribution < 1.29 is 4.52 Å². The normalized spacial score (nSPS) is 16.5. The number of benzene rings is 1. The van der Waals surface area contributed by atoms with Gasteiger partial charge in [0.2, 0.25) is 5.88 Å². The highest BCUT2D eigenvalue weighted by atomic mass is 16.5. The monoisotopic (exact) mass is 313 g/mol. The zero-order valence-corrected chi connectivity index (χ0v) is 14.2. The Morgan fingerprint density at radius 2 is 1.91 bits per heavy atom. The first-order valence-corrected chi connectivity index (χ1v) is 8.82. The largest absolute Gasteiger partial charge is 0.340 e. The minimum Gasteiger partial charge on any atom is -0.340 e. The van der Waals surface area contributed by atoms with Crippen LogP contribution in [0.5, 0.6) is 0 Å². The van der Waals surface area contributed by atoms with Crippen LogP contribution in [-0.4, -0.2) is 24.3 Å². The van der Waals surface area contributed by atoms with Gasteiger partial charge in [-0.3, -0.25) is 0 Å². The third-order valence-corrected chi connectivity index (χ3v) is 4.70. The molecule has 0 spiro atoms. The smallest absolute Gasteiger partial charge is 0.232 e. The zero-order valence-electron chi connectivity index (χ0n) is 14.2. The first kappa shape index (κ1) is 16.1. The van der Waals surface area contributed by atoms with Crippen molar-refractivity contribution in [1.29, 1.82) is 0 Å². The van der Waals surface area contributed by atoms with E-state index in [9.17, 15) is 0 Å². The van der Waals surface area contributed by atoms with Crippen LogP contribution in [0.4, 0.5) is 5.88 Å². The fourth-order valence-corrected chi connectivity index (χ4v) is 3.05. The molecule has 1 aliphatic heterocycles. The molecule has 1 unspecified atom stereocenters. The fourth-order valence-electron chi connectivity index (χ4n) is 3.05. The average molecular weight is 313 g/mol. The average Bonchev–Trinajstić information content (AvgIpc) is 3.05. The van der Waals surface area contributed by atoms with Crippen molar-refractivity contribution in [2.45, 2.75) is 52.1 Å². The van der Waals surface area contributed by atoms with Gasteiger partial charge in [-0.25, -0.2) is 0 Å². The zero-order chi connectivity index (χ0) is 16.1. The van der Waals surface area contributed by atoms with E-state index in [1.165, 1.54) is 24.8 Å². The molecule has 4 nitrogen and oxygen atoms in total. The first-order chi connectivity index (χ1) is 11.3. The molecule has 2 aromatic rings. The van der Waals surface area contributed by atoms with E-state index in [1.807, 2.05) is 6.07 Å². The van der Waals surface area contributed by atoms with Crippen molar-refractivity contribution in [3.63, 3.8) is 0 Å². The maximum Gasteiger partial charge on any atom is 0.232 e. The summed E-state index contributed by atoms with van der Waals surface area (Å²) < 4.78 is 5.79. The molecule has 1 saturated heterocycles. The van der Waals surface area contributed by atoms with Crippen LogP contribution >= 0.6 is 0 Å². The van der Waals surface area contributed by atoms with Gasteiger partial charge >= 0.3 is 0 Å². The van der Waals surface area contributed by atoms with Crippen LogP contribution in [0.25, 0.3) is 11.3 Å². The number of rotatable bonds is 6. The van der Waals surface area contributed by atoms with Gasteiger partial charge in [-0.1, -0.05) is 42.4 Å². The highest BCUT2D eigenvalue weighted by molar-refractivity contribution is 5.68. The van der Waals surface area contributed by atoms with Crippen molar-refractivity contribution in [3.05, 3.63) is 35.9 Å². The molecule has 0 bridgehead atoms. The van der Waals surface area contributed by atoms with Crippen molar-refractivity contribution >= 4 is 5.88 Å². The molecule has 0 radical (unpaired) electrons. The lowest BCUT2D eigenvalue weighted by molar-refractivity contribution is 0.404. The number of piperidine rings is 1. The Morgan fingerprint density at radius 3 is 2.61 bits per heavy atom. The molecule has 0 saturated carbocycles. The summed E-state index contributed by atoms with van der Waals surface area (Å²) in [6.07, 6.45) is 4.90. The summed E-state index contributed by atoms with van der Waals surface area (Å²) in [7, 11) is 0. The third kappa shape index (κ3) is 3.75. The SMILES string of the molecule is CCC(C)NCc1c(-c2ccccc2)noc1N1CCCCC1. The summed E-state index contributed by atoms with van der Waals surface area (Å²) in [5.74, 6) is 0.958. The number of hydrogen-bond acceptors (Lipinski definition) is 4. The van der Waals surface area contributed by atoms with Crippen LogP contribution in [-0.2, 0) is 6.54 Å². The summed E-state index contributed by atoms with van der Waals surface area (Å²) in [5, 5.41) is 8.01. The number of anilines is 1. The molecule has 4 heteroatoms. The summed E-state index contributed by atoms with van der Waals surface area (Å²) in [5.41, 5.74) is 3.29. The second-order valence-electron chi connectivity index (χ2n) is 6.42. The molecule has 1 aromatic heterocycles. The Bertz CT molecular complexity index is 602. The van der Waals surface area contributed by atoms with E-state index in [4.69, 9.17) is 4.52 Å². The summed E-state index contributed by atoms with van der Waals surface area (Å²) in [4.78, 5) is 2.36. The second kappa shape index (κ2) is 7.64. The summed E-state index contributed by atoms with van der Waals surface area (Å²) in [6.45, 7) is 7.36. The van der Waals surface area contributed by atoms with Gasteiger partial charge < -0.3 is 14.7 Å². The van der Waals surface area contributed by atoms with Crippen LogP contribution < -0.4 is 10.2 Å². The number of nitrogens with zero attached hydrogens (tertiary/aromatic N) is 2. The standard InChI is InChI=1S/C19H27N3O/c1-3-15(2)20-14-17-18(16-10-6-4-7-11-16)21-23-19(17)22-12-8-5-9-13-22/h4,6-7,10-11,15,20H,3,5,8-9,12-14H2,1-2H3. The van der Waals surface area contributed by atoms with Gasteiger partial charge in [0.1, 0.15) is 5.69 Å². The van der Waals surface area contributed by atoms with Gasteiger partial charge in [0.05, 0.1) is 5.56 Å². The van der Waals surface area contributed by atoms with Crippen LogP contribution in [0.1, 0.15) is 45.1 Å². The van der Waals surface area contributed by atoms with Gasteiger partial charge in [-0.2, -0.15) is 0 Å². The molecule has 3 rings (SSSR count). The third-order valence-electron chi connectivity index (χ3n) is 4.70.